The molecule has 2 N–H and O–H groups in total. The molecule has 1 aromatic carbocycles. The largest absolute Gasteiger partial charge is 0.481 e. The molecule has 0 radical (unpaired) electrons. The molecule has 1 atom stereocenters. The van der Waals surface area contributed by atoms with Gasteiger partial charge in [-0.25, -0.2) is 0 Å². The summed E-state index contributed by atoms with van der Waals surface area (Å²) in [5.41, 5.74) is 0.424. The summed E-state index contributed by atoms with van der Waals surface area (Å²) >= 11 is 0. The number of carboxylic acids is 1. The Labute approximate surface area is 113 Å². The number of hydrogen-bond acceptors (Lipinski definition) is 2. The molecule has 1 unspecified atom stereocenters. The molecule has 1 aromatic rings. The van der Waals surface area contributed by atoms with Crippen molar-refractivity contribution in [2.24, 2.45) is 11.3 Å². The molecule has 0 fully saturated rings. The first kappa shape index (κ1) is 15.2. The van der Waals surface area contributed by atoms with E-state index in [0.29, 0.717) is 12.1 Å². The smallest absolute Gasteiger partial charge is 0.303 e. The lowest BCUT2D eigenvalue weighted by atomic mass is 9.78. The molecular formula is C15H21NO3. The van der Waals surface area contributed by atoms with Gasteiger partial charge in [-0.1, -0.05) is 39.0 Å². The number of carbonyl (C=O) groups excluding carboxylic acids is 1. The first-order chi connectivity index (χ1) is 8.80. The van der Waals surface area contributed by atoms with Crippen molar-refractivity contribution in [2.75, 3.05) is 6.54 Å². The van der Waals surface area contributed by atoms with E-state index in [9.17, 15) is 9.59 Å². The van der Waals surface area contributed by atoms with Crippen LogP contribution >= 0.6 is 0 Å². The summed E-state index contributed by atoms with van der Waals surface area (Å²) in [5, 5.41) is 11.7. The van der Waals surface area contributed by atoms with E-state index in [0.717, 1.165) is 0 Å². The number of nitrogens with one attached hydrogen (secondary N) is 1. The maximum atomic E-state index is 11.9. The van der Waals surface area contributed by atoms with Crippen LogP contribution < -0.4 is 5.32 Å². The van der Waals surface area contributed by atoms with Gasteiger partial charge in [-0.05, 0) is 23.5 Å². The quantitative estimate of drug-likeness (QED) is 0.858. The Hall–Kier alpha value is -1.84. The van der Waals surface area contributed by atoms with E-state index >= 15 is 0 Å². The molecule has 0 saturated heterocycles. The number of hydrogen-bond donors (Lipinski definition) is 2. The number of benzene rings is 1. The number of rotatable bonds is 5. The Kier molecular flexibility index (Phi) is 5.10. The predicted octanol–water partition coefficient (Wildman–Crippen LogP) is 2.55. The van der Waals surface area contributed by atoms with Crippen molar-refractivity contribution in [1.29, 1.82) is 0 Å². The summed E-state index contributed by atoms with van der Waals surface area (Å²) in [7, 11) is 0. The molecule has 0 bridgehead atoms. The van der Waals surface area contributed by atoms with Gasteiger partial charge in [0.15, 0.2) is 0 Å². The summed E-state index contributed by atoms with van der Waals surface area (Å²) in [5.74, 6) is -1.10. The van der Waals surface area contributed by atoms with Crippen LogP contribution in [0.4, 0.5) is 0 Å². The highest BCUT2D eigenvalue weighted by Gasteiger charge is 2.27. The molecule has 0 aliphatic rings. The minimum Gasteiger partial charge on any atom is -0.481 e. The summed E-state index contributed by atoms with van der Waals surface area (Å²) in [6, 6.07) is 8.91. The molecule has 104 valence electrons. The predicted molar refractivity (Wildman–Crippen MR) is 74.0 cm³/mol. The second-order valence-corrected chi connectivity index (χ2v) is 5.74. The third-order valence-corrected chi connectivity index (χ3v) is 3.19. The van der Waals surface area contributed by atoms with Crippen LogP contribution in [0, 0.1) is 11.3 Å². The van der Waals surface area contributed by atoms with E-state index in [4.69, 9.17) is 5.11 Å². The fourth-order valence-corrected chi connectivity index (χ4v) is 1.80. The zero-order chi connectivity index (χ0) is 14.5. The third kappa shape index (κ3) is 5.12. The van der Waals surface area contributed by atoms with E-state index in [1.165, 1.54) is 0 Å². The summed E-state index contributed by atoms with van der Waals surface area (Å²) in [6.07, 6.45) is 0.0541. The van der Waals surface area contributed by atoms with Gasteiger partial charge in [0.2, 0.25) is 0 Å². The second kappa shape index (κ2) is 6.36. The highest BCUT2D eigenvalue weighted by atomic mass is 16.4. The maximum absolute atomic E-state index is 11.9. The van der Waals surface area contributed by atoms with Crippen molar-refractivity contribution in [2.45, 2.75) is 27.2 Å². The van der Waals surface area contributed by atoms with Gasteiger partial charge < -0.3 is 10.4 Å². The van der Waals surface area contributed by atoms with Crippen LogP contribution in [0.5, 0.6) is 0 Å². The van der Waals surface area contributed by atoms with E-state index in [1.54, 1.807) is 24.3 Å². The van der Waals surface area contributed by atoms with Gasteiger partial charge in [0, 0.05) is 12.1 Å². The van der Waals surface area contributed by atoms with Crippen LogP contribution in [-0.4, -0.2) is 23.5 Å². The zero-order valence-electron chi connectivity index (χ0n) is 11.6. The SMILES string of the molecule is CC(C)(C)C(CNC(=O)c1ccccc1)CC(=O)O. The van der Waals surface area contributed by atoms with Gasteiger partial charge in [0.1, 0.15) is 0 Å². The van der Waals surface area contributed by atoms with Crippen LogP contribution in [0.25, 0.3) is 0 Å². The Morgan fingerprint density at radius 1 is 1.21 bits per heavy atom. The Morgan fingerprint density at radius 2 is 1.79 bits per heavy atom. The second-order valence-electron chi connectivity index (χ2n) is 5.74. The van der Waals surface area contributed by atoms with E-state index in [-0.39, 0.29) is 23.7 Å². The minimum absolute atomic E-state index is 0.0541. The monoisotopic (exact) mass is 263 g/mol. The van der Waals surface area contributed by atoms with Gasteiger partial charge in [0.05, 0.1) is 6.42 Å². The molecule has 19 heavy (non-hydrogen) atoms. The van der Waals surface area contributed by atoms with Crippen molar-refractivity contribution >= 4 is 11.9 Å². The molecular weight excluding hydrogens is 242 g/mol. The van der Waals surface area contributed by atoms with Crippen molar-refractivity contribution in [3.05, 3.63) is 35.9 Å². The molecule has 4 heteroatoms. The van der Waals surface area contributed by atoms with Crippen LogP contribution in [0.3, 0.4) is 0 Å². The van der Waals surface area contributed by atoms with E-state index < -0.39 is 5.97 Å². The lowest BCUT2D eigenvalue weighted by molar-refractivity contribution is -0.139. The van der Waals surface area contributed by atoms with Crippen molar-refractivity contribution in [3.63, 3.8) is 0 Å². The molecule has 0 spiro atoms. The van der Waals surface area contributed by atoms with Gasteiger partial charge in [0.25, 0.3) is 5.91 Å². The minimum atomic E-state index is -0.839. The number of amides is 1. The van der Waals surface area contributed by atoms with Gasteiger partial charge >= 0.3 is 5.97 Å². The molecule has 4 nitrogen and oxygen atoms in total. The topological polar surface area (TPSA) is 66.4 Å². The highest BCUT2D eigenvalue weighted by Crippen LogP contribution is 2.28. The lowest BCUT2D eigenvalue weighted by Crippen LogP contribution is -2.36. The van der Waals surface area contributed by atoms with Gasteiger partial charge in [-0.15, -0.1) is 0 Å². The average Bonchev–Trinajstić information content (AvgIpc) is 2.33. The zero-order valence-corrected chi connectivity index (χ0v) is 11.6. The Morgan fingerprint density at radius 3 is 2.26 bits per heavy atom. The molecule has 0 aromatic heterocycles. The number of aliphatic carboxylic acids is 1. The third-order valence-electron chi connectivity index (χ3n) is 3.19. The van der Waals surface area contributed by atoms with Crippen LogP contribution in [-0.2, 0) is 4.79 Å². The highest BCUT2D eigenvalue weighted by molar-refractivity contribution is 5.94. The van der Waals surface area contributed by atoms with Gasteiger partial charge in [-0.2, -0.15) is 0 Å². The first-order valence-corrected chi connectivity index (χ1v) is 6.35. The number of carboxylic acid groups (broad SMARTS) is 1. The molecule has 0 aliphatic heterocycles. The molecule has 0 saturated carbocycles. The van der Waals surface area contributed by atoms with E-state index in [1.807, 2.05) is 26.8 Å². The van der Waals surface area contributed by atoms with Crippen LogP contribution in [0.2, 0.25) is 0 Å². The molecule has 1 amide bonds. The average molecular weight is 263 g/mol. The maximum Gasteiger partial charge on any atom is 0.303 e. The van der Waals surface area contributed by atoms with Crippen LogP contribution in [0.1, 0.15) is 37.6 Å². The van der Waals surface area contributed by atoms with Crippen LogP contribution in [0.15, 0.2) is 30.3 Å². The lowest BCUT2D eigenvalue weighted by Gasteiger charge is -2.29. The molecule has 0 aliphatic carbocycles. The fraction of sp³-hybridized carbons (Fsp3) is 0.467. The van der Waals surface area contributed by atoms with E-state index in [2.05, 4.69) is 5.32 Å². The Balaban J connectivity index is 2.62. The first-order valence-electron chi connectivity index (χ1n) is 6.35. The fourth-order valence-electron chi connectivity index (χ4n) is 1.80. The molecule has 0 heterocycles. The number of carbonyl (C=O) groups is 2. The standard InChI is InChI=1S/C15H21NO3/c1-15(2,3)12(9-13(17)18)10-16-14(19)11-7-5-4-6-8-11/h4-8,12H,9-10H2,1-3H3,(H,16,19)(H,17,18). The van der Waals surface area contributed by atoms with Crippen molar-refractivity contribution < 1.29 is 14.7 Å². The Bertz CT molecular complexity index is 434. The molecule has 1 rings (SSSR count). The summed E-state index contributed by atoms with van der Waals surface area (Å²) < 4.78 is 0. The summed E-state index contributed by atoms with van der Waals surface area (Å²) in [6.45, 7) is 6.31. The van der Waals surface area contributed by atoms with Crippen molar-refractivity contribution in [1.82, 2.24) is 5.32 Å². The normalized spacial score (nSPS) is 12.8. The summed E-state index contributed by atoms with van der Waals surface area (Å²) in [4.78, 5) is 22.8. The van der Waals surface area contributed by atoms with Crippen molar-refractivity contribution in [3.8, 4) is 0 Å². The van der Waals surface area contributed by atoms with Gasteiger partial charge in [-0.3, -0.25) is 9.59 Å².